The molecule has 144 valence electrons. The van der Waals surface area contributed by atoms with E-state index in [2.05, 4.69) is 4.90 Å². The van der Waals surface area contributed by atoms with E-state index >= 15 is 0 Å². The molecule has 0 bridgehead atoms. The predicted octanol–water partition coefficient (Wildman–Crippen LogP) is 3.81. The van der Waals surface area contributed by atoms with E-state index in [1.54, 1.807) is 0 Å². The zero-order chi connectivity index (χ0) is 19.4. The van der Waals surface area contributed by atoms with Gasteiger partial charge in [-0.1, -0.05) is 24.3 Å². The SMILES string of the molecule is CN(Cc1ccc(N2CCOCC2)cc1)C(=O)c1ccccc1C(F)(F)F. The van der Waals surface area contributed by atoms with Crippen molar-refractivity contribution >= 4 is 11.6 Å². The van der Waals surface area contributed by atoms with E-state index in [0.717, 1.165) is 30.4 Å². The van der Waals surface area contributed by atoms with Crippen molar-refractivity contribution in [2.45, 2.75) is 12.7 Å². The van der Waals surface area contributed by atoms with Crippen LogP contribution < -0.4 is 4.90 Å². The van der Waals surface area contributed by atoms with Crippen molar-refractivity contribution in [1.29, 1.82) is 0 Å². The number of anilines is 1. The Morgan fingerprint density at radius 2 is 1.70 bits per heavy atom. The van der Waals surface area contributed by atoms with Crippen LogP contribution in [0.4, 0.5) is 18.9 Å². The van der Waals surface area contributed by atoms with Gasteiger partial charge in [-0.3, -0.25) is 4.79 Å². The van der Waals surface area contributed by atoms with Crippen LogP contribution in [0.2, 0.25) is 0 Å². The lowest BCUT2D eigenvalue weighted by molar-refractivity contribution is -0.138. The summed E-state index contributed by atoms with van der Waals surface area (Å²) in [6, 6.07) is 12.6. The second-order valence-corrected chi connectivity index (χ2v) is 6.47. The Bertz CT molecular complexity index is 785. The van der Waals surface area contributed by atoms with Crippen LogP contribution in [0.15, 0.2) is 48.5 Å². The van der Waals surface area contributed by atoms with Gasteiger partial charge in [0.1, 0.15) is 0 Å². The van der Waals surface area contributed by atoms with E-state index in [4.69, 9.17) is 4.74 Å². The van der Waals surface area contributed by atoms with Gasteiger partial charge in [0.2, 0.25) is 0 Å². The Morgan fingerprint density at radius 1 is 1.07 bits per heavy atom. The number of nitrogens with zero attached hydrogens (tertiary/aromatic N) is 2. The molecule has 0 aliphatic carbocycles. The molecule has 3 rings (SSSR count). The molecule has 0 unspecified atom stereocenters. The molecule has 27 heavy (non-hydrogen) atoms. The largest absolute Gasteiger partial charge is 0.417 e. The van der Waals surface area contributed by atoms with Crippen molar-refractivity contribution in [2.75, 3.05) is 38.3 Å². The van der Waals surface area contributed by atoms with Crippen molar-refractivity contribution < 1.29 is 22.7 Å². The van der Waals surface area contributed by atoms with Gasteiger partial charge in [0, 0.05) is 32.4 Å². The highest BCUT2D eigenvalue weighted by molar-refractivity contribution is 5.95. The molecular formula is C20H21F3N2O2. The van der Waals surface area contributed by atoms with E-state index < -0.39 is 17.6 Å². The third kappa shape index (κ3) is 4.60. The van der Waals surface area contributed by atoms with Gasteiger partial charge < -0.3 is 14.5 Å². The third-order valence-corrected chi connectivity index (χ3v) is 4.54. The maximum absolute atomic E-state index is 13.1. The number of carbonyl (C=O) groups excluding carboxylic acids is 1. The van der Waals surface area contributed by atoms with Gasteiger partial charge in [-0.05, 0) is 29.8 Å². The summed E-state index contributed by atoms with van der Waals surface area (Å²) < 4.78 is 44.7. The highest BCUT2D eigenvalue weighted by Gasteiger charge is 2.35. The van der Waals surface area contributed by atoms with Gasteiger partial charge in [0.25, 0.3) is 5.91 Å². The molecule has 0 N–H and O–H groups in total. The summed E-state index contributed by atoms with van der Waals surface area (Å²) in [5.41, 5.74) is 0.674. The summed E-state index contributed by atoms with van der Waals surface area (Å²) >= 11 is 0. The minimum Gasteiger partial charge on any atom is -0.378 e. The van der Waals surface area contributed by atoms with Crippen molar-refractivity contribution in [3.63, 3.8) is 0 Å². The van der Waals surface area contributed by atoms with Gasteiger partial charge in [-0.25, -0.2) is 0 Å². The topological polar surface area (TPSA) is 32.8 Å². The second-order valence-electron chi connectivity index (χ2n) is 6.47. The van der Waals surface area contributed by atoms with E-state index in [-0.39, 0.29) is 12.1 Å². The van der Waals surface area contributed by atoms with E-state index in [1.165, 1.54) is 30.1 Å². The first-order valence-corrected chi connectivity index (χ1v) is 8.69. The van der Waals surface area contributed by atoms with Crippen molar-refractivity contribution in [3.05, 3.63) is 65.2 Å². The molecule has 0 radical (unpaired) electrons. The highest BCUT2D eigenvalue weighted by atomic mass is 19.4. The zero-order valence-corrected chi connectivity index (χ0v) is 15.0. The zero-order valence-electron chi connectivity index (χ0n) is 15.0. The minimum atomic E-state index is -4.56. The molecule has 7 heteroatoms. The Morgan fingerprint density at radius 3 is 2.33 bits per heavy atom. The lowest BCUT2D eigenvalue weighted by Gasteiger charge is -2.29. The van der Waals surface area contributed by atoms with E-state index in [1.807, 2.05) is 24.3 Å². The lowest BCUT2D eigenvalue weighted by Crippen LogP contribution is -2.36. The molecule has 2 aromatic rings. The number of alkyl halides is 3. The van der Waals surface area contributed by atoms with Gasteiger partial charge in [-0.15, -0.1) is 0 Å². The second kappa shape index (κ2) is 8.00. The smallest absolute Gasteiger partial charge is 0.378 e. The summed E-state index contributed by atoms with van der Waals surface area (Å²) in [7, 11) is 1.51. The summed E-state index contributed by atoms with van der Waals surface area (Å²) in [4.78, 5) is 16.0. The lowest BCUT2D eigenvalue weighted by atomic mass is 10.1. The maximum Gasteiger partial charge on any atom is 0.417 e. The van der Waals surface area contributed by atoms with E-state index in [9.17, 15) is 18.0 Å². The van der Waals surface area contributed by atoms with Crippen molar-refractivity contribution in [1.82, 2.24) is 4.90 Å². The van der Waals surface area contributed by atoms with Crippen LogP contribution in [-0.4, -0.2) is 44.2 Å². The molecular weight excluding hydrogens is 357 g/mol. The Hall–Kier alpha value is -2.54. The molecule has 4 nitrogen and oxygen atoms in total. The number of benzene rings is 2. The fraction of sp³-hybridized carbons (Fsp3) is 0.350. The van der Waals surface area contributed by atoms with Gasteiger partial charge in [0.05, 0.1) is 24.3 Å². The van der Waals surface area contributed by atoms with Crippen LogP contribution in [0.1, 0.15) is 21.5 Å². The molecule has 0 atom stereocenters. The molecule has 0 aromatic heterocycles. The van der Waals surface area contributed by atoms with Crippen molar-refractivity contribution in [2.24, 2.45) is 0 Å². The fourth-order valence-corrected chi connectivity index (χ4v) is 3.10. The normalized spacial score (nSPS) is 14.9. The predicted molar refractivity (Wildman–Crippen MR) is 96.7 cm³/mol. The van der Waals surface area contributed by atoms with E-state index in [0.29, 0.717) is 13.2 Å². The Balaban J connectivity index is 1.70. The number of halogens is 3. The fourth-order valence-electron chi connectivity index (χ4n) is 3.10. The van der Waals surface area contributed by atoms with Gasteiger partial charge >= 0.3 is 6.18 Å². The first-order valence-electron chi connectivity index (χ1n) is 8.69. The maximum atomic E-state index is 13.1. The number of hydrogen-bond donors (Lipinski definition) is 0. The molecule has 1 heterocycles. The van der Waals surface area contributed by atoms with Crippen LogP contribution >= 0.6 is 0 Å². The number of carbonyl (C=O) groups is 1. The summed E-state index contributed by atoms with van der Waals surface area (Å²) in [5, 5.41) is 0. The molecule has 1 fully saturated rings. The molecule has 1 saturated heterocycles. The van der Waals surface area contributed by atoms with Gasteiger partial charge in [-0.2, -0.15) is 13.2 Å². The van der Waals surface area contributed by atoms with Crippen molar-refractivity contribution in [3.8, 4) is 0 Å². The minimum absolute atomic E-state index is 0.231. The summed E-state index contributed by atoms with van der Waals surface area (Å²) in [6.45, 7) is 3.27. The third-order valence-electron chi connectivity index (χ3n) is 4.54. The number of hydrogen-bond acceptors (Lipinski definition) is 3. The number of amides is 1. The average Bonchev–Trinajstić information content (AvgIpc) is 2.68. The molecule has 1 amide bonds. The molecule has 0 spiro atoms. The molecule has 0 saturated carbocycles. The van der Waals surface area contributed by atoms with Crippen LogP contribution in [-0.2, 0) is 17.5 Å². The van der Waals surface area contributed by atoms with Crippen LogP contribution in [0.5, 0.6) is 0 Å². The van der Waals surface area contributed by atoms with Crippen LogP contribution in [0.3, 0.4) is 0 Å². The molecule has 1 aliphatic heterocycles. The average molecular weight is 378 g/mol. The number of morpholine rings is 1. The van der Waals surface area contributed by atoms with Crippen LogP contribution in [0.25, 0.3) is 0 Å². The summed E-state index contributed by atoms with van der Waals surface area (Å²) in [6.07, 6.45) is -4.56. The van der Waals surface area contributed by atoms with Gasteiger partial charge in [0.15, 0.2) is 0 Å². The standard InChI is InChI=1S/C20H21F3N2O2/c1-24(19(26)17-4-2-3-5-18(17)20(21,22)23)14-15-6-8-16(9-7-15)25-10-12-27-13-11-25/h2-9H,10-14H2,1H3. The molecule has 2 aromatic carbocycles. The molecule has 1 aliphatic rings. The quantitative estimate of drug-likeness (QED) is 0.811. The monoisotopic (exact) mass is 378 g/mol. The Labute approximate surface area is 156 Å². The summed E-state index contributed by atoms with van der Waals surface area (Å²) in [5.74, 6) is -0.653. The number of ether oxygens (including phenoxy) is 1. The highest BCUT2D eigenvalue weighted by Crippen LogP contribution is 2.32. The Kier molecular flexibility index (Phi) is 5.70. The first-order chi connectivity index (χ1) is 12.9. The number of rotatable bonds is 4. The van der Waals surface area contributed by atoms with Crippen LogP contribution in [0, 0.1) is 0 Å². The first kappa shape index (κ1) is 19.2.